The van der Waals surface area contributed by atoms with Crippen LogP contribution in [0, 0.1) is 6.92 Å². The molecule has 0 saturated carbocycles. The van der Waals surface area contributed by atoms with Crippen molar-refractivity contribution in [2.75, 3.05) is 13.1 Å². The summed E-state index contributed by atoms with van der Waals surface area (Å²) in [5.74, 6) is 2.09. The van der Waals surface area contributed by atoms with Gasteiger partial charge in [-0.05, 0) is 32.4 Å². The number of H-pyrrole nitrogens is 1. The van der Waals surface area contributed by atoms with Crippen LogP contribution in [0.2, 0.25) is 0 Å². The molecule has 0 aliphatic carbocycles. The molecule has 3 N–H and O–H groups in total. The van der Waals surface area contributed by atoms with Crippen molar-refractivity contribution < 1.29 is 0 Å². The van der Waals surface area contributed by atoms with Gasteiger partial charge in [-0.3, -0.25) is 5.10 Å². The molecule has 1 heterocycles. The molecule has 0 radical (unpaired) electrons. The molecule has 6 heteroatoms. The van der Waals surface area contributed by atoms with Crippen LogP contribution in [-0.2, 0) is 6.54 Å². The molecule has 0 bridgehead atoms. The van der Waals surface area contributed by atoms with Crippen molar-refractivity contribution in [1.82, 2.24) is 20.1 Å². The Morgan fingerprint density at radius 1 is 1.33 bits per heavy atom. The van der Waals surface area contributed by atoms with Crippen molar-refractivity contribution in [3.05, 3.63) is 35.7 Å². The standard InChI is InChI=1S/C15H22N6/c1-4-21(5-2)15(16)17-10-12-7-6-8-13(9-12)14-18-11(3)19-20-14/h6-9H,4-5,10H2,1-3H3,(H2,16,17)(H,18,19,20). The largest absolute Gasteiger partial charge is 0.370 e. The zero-order valence-corrected chi connectivity index (χ0v) is 12.8. The number of guanidine groups is 1. The van der Waals surface area contributed by atoms with Crippen molar-refractivity contribution >= 4 is 5.96 Å². The number of hydrogen-bond acceptors (Lipinski definition) is 3. The second-order valence-electron chi connectivity index (χ2n) is 4.79. The van der Waals surface area contributed by atoms with Crippen LogP contribution < -0.4 is 5.73 Å². The molecule has 112 valence electrons. The maximum Gasteiger partial charge on any atom is 0.191 e. The Hall–Kier alpha value is -2.37. The maximum absolute atomic E-state index is 5.99. The van der Waals surface area contributed by atoms with Crippen LogP contribution in [0.25, 0.3) is 11.4 Å². The summed E-state index contributed by atoms with van der Waals surface area (Å²) in [7, 11) is 0. The van der Waals surface area contributed by atoms with Gasteiger partial charge in [-0.2, -0.15) is 5.10 Å². The molecule has 0 fully saturated rings. The zero-order chi connectivity index (χ0) is 15.2. The van der Waals surface area contributed by atoms with Gasteiger partial charge in [0.05, 0.1) is 6.54 Å². The Morgan fingerprint density at radius 2 is 2.10 bits per heavy atom. The van der Waals surface area contributed by atoms with Crippen molar-refractivity contribution in [1.29, 1.82) is 0 Å². The number of nitrogens with two attached hydrogens (primary N) is 1. The van der Waals surface area contributed by atoms with Gasteiger partial charge in [-0.25, -0.2) is 9.98 Å². The van der Waals surface area contributed by atoms with E-state index in [-0.39, 0.29) is 0 Å². The maximum atomic E-state index is 5.99. The molecule has 6 nitrogen and oxygen atoms in total. The summed E-state index contributed by atoms with van der Waals surface area (Å²) in [6, 6.07) is 8.05. The van der Waals surface area contributed by atoms with Gasteiger partial charge >= 0.3 is 0 Å². The zero-order valence-electron chi connectivity index (χ0n) is 12.8. The molecule has 2 rings (SSSR count). The fourth-order valence-corrected chi connectivity index (χ4v) is 2.10. The number of aryl methyl sites for hydroxylation is 1. The number of aromatic nitrogens is 3. The van der Waals surface area contributed by atoms with Gasteiger partial charge in [0.2, 0.25) is 0 Å². The summed E-state index contributed by atoms with van der Waals surface area (Å²) in [6.07, 6.45) is 0. The van der Waals surface area contributed by atoms with Crippen LogP contribution in [0.3, 0.4) is 0 Å². The van der Waals surface area contributed by atoms with E-state index in [1.807, 2.05) is 36.1 Å². The number of nitrogens with zero attached hydrogens (tertiary/aromatic N) is 4. The highest BCUT2D eigenvalue weighted by Crippen LogP contribution is 2.16. The number of aliphatic imine (C=N–C) groups is 1. The van der Waals surface area contributed by atoms with E-state index in [2.05, 4.69) is 34.0 Å². The predicted octanol–water partition coefficient (Wildman–Crippen LogP) is 1.94. The molecule has 0 unspecified atom stereocenters. The third-order valence-electron chi connectivity index (χ3n) is 3.29. The minimum absolute atomic E-state index is 0.555. The second kappa shape index (κ2) is 6.88. The lowest BCUT2D eigenvalue weighted by molar-refractivity contribution is 0.458. The monoisotopic (exact) mass is 286 g/mol. The molecular formula is C15H22N6. The molecule has 2 aromatic rings. The molecule has 0 aliphatic heterocycles. The Balaban J connectivity index is 2.13. The van der Waals surface area contributed by atoms with Crippen LogP contribution in [-0.4, -0.2) is 39.1 Å². The Bertz CT molecular complexity index is 612. The molecule has 0 atom stereocenters. The average Bonchev–Trinajstić information content (AvgIpc) is 2.93. The van der Waals surface area contributed by atoms with Gasteiger partial charge in [0.1, 0.15) is 5.82 Å². The minimum atomic E-state index is 0.555. The molecule has 21 heavy (non-hydrogen) atoms. The highest BCUT2D eigenvalue weighted by Gasteiger charge is 2.05. The number of benzene rings is 1. The summed E-state index contributed by atoms with van der Waals surface area (Å²) in [4.78, 5) is 10.8. The Morgan fingerprint density at radius 3 is 2.71 bits per heavy atom. The first-order chi connectivity index (χ1) is 10.1. The lowest BCUT2D eigenvalue weighted by Gasteiger charge is -2.19. The van der Waals surface area contributed by atoms with Gasteiger partial charge in [-0.1, -0.05) is 18.2 Å². The molecule has 1 aromatic carbocycles. The number of hydrogen-bond donors (Lipinski definition) is 2. The van der Waals surface area contributed by atoms with Crippen LogP contribution >= 0.6 is 0 Å². The fourth-order valence-electron chi connectivity index (χ4n) is 2.10. The summed E-state index contributed by atoms with van der Waals surface area (Å²) in [5, 5.41) is 7.02. The van der Waals surface area contributed by atoms with Crippen molar-refractivity contribution in [3.63, 3.8) is 0 Å². The van der Waals surface area contributed by atoms with Gasteiger partial charge < -0.3 is 10.6 Å². The SMILES string of the molecule is CCN(CC)C(N)=NCc1cccc(-c2n[nH]c(C)n2)c1. The van der Waals surface area contributed by atoms with E-state index in [1.165, 1.54) is 0 Å². The average molecular weight is 286 g/mol. The third kappa shape index (κ3) is 3.81. The van der Waals surface area contributed by atoms with Crippen LogP contribution in [0.15, 0.2) is 29.3 Å². The van der Waals surface area contributed by atoms with E-state index < -0.39 is 0 Å². The summed E-state index contributed by atoms with van der Waals surface area (Å²) < 4.78 is 0. The topological polar surface area (TPSA) is 83.2 Å². The van der Waals surface area contributed by atoms with E-state index in [4.69, 9.17) is 5.73 Å². The molecule has 0 aliphatic rings. The Labute approximate surface area is 125 Å². The first-order valence-electron chi connectivity index (χ1n) is 7.17. The lowest BCUT2D eigenvalue weighted by atomic mass is 10.1. The highest BCUT2D eigenvalue weighted by molar-refractivity contribution is 5.78. The molecular weight excluding hydrogens is 264 g/mol. The minimum Gasteiger partial charge on any atom is -0.370 e. The quantitative estimate of drug-likeness (QED) is 0.650. The number of nitrogens with one attached hydrogen (secondary N) is 1. The van der Waals surface area contributed by atoms with Gasteiger partial charge in [0.15, 0.2) is 11.8 Å². The van der Waals surface area contributed by atoms with Gasteiger partial charge in [-0.15, -0.1) is 0 Å². The van der Waals surface area contributed by atoms with Crippen molar-refractivity contribution in [3.8, 4) is 11.4 Å². The van der Waals surface area contributed by atoms with Gasteiger partial charge in [0.25, 0.3) is 0 Å². The number of aromatic amines is 1. The highest BCUT2D eigenvalue weighted by atomic mass is 15.2. The normalized spacial score (nSPS) is 11.7. The fraction of sp³-hybridized carbons (Fsp3) is 0.400. The second-order valence-corrected chi connectivity index (χ2v) is 4.79. The first kappa shape index (κ1) is 15.0. The molecule has 0 saturated heterocycles. The summed E-state index contributed by atoms with van der Waals surface area (Å²) >= 11 is 0. The predicted molar refractivity (Wildman–Crippen MR) is 84.8 cm³/mol. The third-order valence-corrected chi connectivity index (χ3v) is 3.29. The van der Waals surface area contributed by atoms with Gasteiger partial charge in [0, 0.05) is 18.7 Å². The van der Waals surface area contributed by atoms with E-state index in [0.29, 0.717) is 18.3 Å². The van der Waals surface area contributed by atoms with Crippen molar-refractivity contribution in [2.45, 2.75) is 27.3 Å². The molecule has 1 aromatic heterocycles. The molecule has 0 amide bonds. The smallest absolute Gasteiger partial charge is 0.191 e. The summed E-state index contributed by atoms with van der Waals surface area (Å²) in [5.41, 5.74) is 8.05. The molecule has 0 spiro atoms. The van der Waals surface area contributed by atoms with Crippen LogP contribution in [0.1, 0.15) is 25.2 Å². The van der Waals surface area contributed by atoms with Crippen molar-refractivity contribution in [2.24, 2.45) is 10.7 Å². The van der Waals surface area contributed by atoms with E-state index in [0.717, 1.165) is 30.0 Å². The Kier molecular flexibility index (Phi) is 4.92. The van der Waals surface area contributed by atoms with E-state index in [9.17, 15) is 0 Å². The van der Waals surface area contributed by atoms with Crippen LogP contribution in [0.4, 0.5) is 0 Å². The van der Waals surface area contributed by atoms with E-state index in [1.54, 1.807) is 0 Å². The lowest BCUT2D eigenvalue weighted by Crippen LogP contribution is -2.37. The number of rotatable bonds is 5. The first-order valence-corrected chi connectivity index (χ1v) is 7.17. The summed E-state index contributed by atoms with van der Waals surface area (Å²) in [6.45, 7) is 8.30. The van der Waals surface area contributed by atoms with Crippen LogP contribution in [0.5, 0.6) is 0 Å². The van der Waals surface area contributed by atoms with E-state index >= 15 is 0 Å².